The first-order valence-electron chi connectivity index (χ1n) is 16.2. The van der Waals surface area contributed by atoms with E-state index in [0.29, 0.717) is 33.4 Å². The van der Waals surface area contributed by atoms with Gasteiger partial charge in [-0.05, 0) is 134 Å². The number of benzene rings is 5. The van der Waals surface area contributed by atoms with Gasteiger partial charge in [-0.2, -0.15) is 0 Å². The summed E-state index contributed by atoms with van der Waals surface area (Å²) in [6.45, 7) is 17.1. The van der Waals surface area contributed by atoms with Gasteiger partial charge in [0.15, 0.2) is 10.9 Å². The van der Waals surface area contributed by atoms with Crippen molar-refractivity contribution in [1.29, 1.82) is 0 Å². The SMILES string of the molecule is Cc1cc(C)cc(-n2c3cc(C(C)C)ccc3c(=O)c3cc4c(cc32)c(=O)c2ccc(C(C)C)cc2n4-c2cc(C)cc(C)c2)c1. The molecule has 0 aliphatic carbocycles. The average molecular weight is 605 g/mol. The molecule has 0 aliphatic heterocycles. The van der Waals surface area contributed by atoms with Crippen molar-refractivity contribution in [1.82, 2.24) is 9.13 Å². The zero-order chi connectivity index (χ0) is 32.6. The van der Waals surface area contributed by atoms with E-state index in [4.69, 9.17) is 0 Å². The third kappa shape index (κ3) is 4.75. The van der Waals surface area contributed by atoms with Crippen molar-refractivity contribution in [2.75, 3.05) is 0 Å². The molecule has 0 fully saturated rings. The van der Waals surface area contributed by atoms with Gasteiger partial charge in [0.25, 0.3) is 0 Å². The van der Waals surface area contributed by atoms with Gasteiger partial charge in [-0.15, -0.1) is 0 Å². The van der Waals surface area contributed by atoms with Crippen LogP contribution in [-0.2, 0) is 0 Å². The lowest BCUT2D eigenvalue weighted by atomic mass is 9.97. The molecule has 7 aromatic rings. The van der Waals surface area contributed by atoms with Gasteiger partial charge in [0.1, 0.15) is 0 Å². The summed E-state index contributed by atoms with van der Waals surface area (Å²) in [6, 6.07) is 29.2. The molecule has 0 unspecified atom stereocenters. The van der Waals surface area contributed by atoms with E-state index in [0.717, 1.165) is 66.8 Å². The second-order valence-electron chi connectivity index (χ2n) is 13.8. The predicted molar refractivity (Wildman–Crippen MR) is 195 cm³/mol. The van der Waals surface area contributed by atoms with Crippen LogP contribution in [-0.4, -0.2) is 9.13 Å². The van der Waals surface area contributed by atoms with Crippen molar-refractivity contribution in [2.45, 2.75) is 67.2 Å². The Morgan fingerprint density at radius 2 is 0.739 bits per heavy atom. The monoisotopic (exact) mass is 604 g/mol. The molecule has 0 aliphatic rings. The molecule has 0 radical (unpaired) electrons. The molecule has 0 bridgehead atoms. The Morgan fingerprint density at radius 1 is 0.413 bits per heavy atom. The molecule has 0 spiro atoms. The van der Waals surface area contributed by atoms with Crippen molar-refractivity contribution in [2.24, 2.45) is 0 Å². The van der Waals surface area contributed by atoms with Gasteiger partial charge < -0.3 is 9.13 Å². The predicted octanol–water partition coefficient (Wildman–Crippen LogP) is 10.1. The number of hydrogen-bond acceptors (Lipinski definition) is 2. The van der Waals surface area contributed by atoms with Gasteiger partial charge in [0, 0.05) is 32.9 Å². The second kappa shape index (κ2) is 10.8. The quantitative estimate of drug-likeness (QED) is 0.188. The van der Waals surface area contributed by atoms with E-state index in [2.05, 4.69) is 125 Å². The summed E-state index contributed by atoms with van der Waals surface area (Å²) in [7, 11) is 0. The lowest BCUT2D eigenvalue weighted by molar-refractivity contribution is 0.867. The number of rotatable bonds is 4. The summed E-state index contributed by atoms with van der Waals surface area (Å²) in [6.07, 6.45) is 0. The maximum Gasteiger partial charge on any atom is 0.197 e. The second-order valence-corrected chi connectivity index (χ2v) is 13.8. The summed E-state index contributed by atoms with van der Waals surface area (Å²) >= 11 is 0. The summed E-state index contributed by atoms with van der Waals surface area (Å²) in [5.74, 6) is 0.596. The first-order valence-corrected chi connectivity index (χ1v) is 16.2. The smallest absolute Gasteiger partial charge is 0.197 e. The molecule has 0 saturated carbocycles. The Labute approximate surface area is 269 Å². The van der Waals surface area contributed by atoms with E-state index in [1.807, 2.05) is 24.3 Å². The molecular weight excluding hydrogens is 564 g/mol. The van der Waals surface area contributed by atoms with E-state index in [1.165, 1.54) is 0 Å². The molecule has 230 valence electrons. The van der Waals surface area contributed by atoms with E-state index in [1.54, 1.807) is 0 Å². The van der Waals surface area contributed by atoms with Gasteiger partial charge >= 0.3 is 0 Å². The summed E-state index contributed by atoms with van der Waals surface area (Å²) < 4.78 is 4.37. The van der Waals surface area contributed by atoms with Crippen LogP contribution in [0.4, 0.5) is 0 Å². The lowest BCUT2D eigenvalue weighted by Crippen LogP contribution is -2.15. The van der Waals surface area contributed by atoms with Crippen molar-refractivity contribution in [3.8, 4) is 11.4 Å². The Balaban J connectivity index is 1.75. The van der Waals surface area contributed by atoms with Crippen LogP contribution in [0.5, 0.6) is 0 Å². The molecular formula is C42H40N2O2. The minimum absolute atomic E-state index is 0.0294. The van der Waals surface area contributed by atoms with Crippen molar-refractivity contribution >= 4 is 43.6 Å². The molecule has 0 saturated heterocycles. The first-order chi connectivity index (χ1) is 21.9. The minimum atomic E-state index is -0.0294. The molecule has 4 heteroatoms. The van der Waals surface area contributed by atoms with E-state index >= 15 is 0 Å². The fourth-order valence-electron chi connectivity index (χ4n) is 7.15. The molecule has 0 atom stereocenters. The van der Waals surface area contributed by atoms with E-state index in [-0.39, 0.29) is 10.9 Å². The van der Waals surface area contributed by atoms with Crippen LogP contribution in [0.1, 0.15) is 72.9 Å². The van der Waals surface area contributed by atoms with Crippen LogP contribution in [0, 0.1) is 27.7 Å². The first kappa shape index (κ1) is 29.7. The number of pyridine rings is 2. The van der Waals surface area contributed by atoms with Crippen molar-refractivity contribution in [3.63, 3.8) is 0 Å². The van der Waals surface area contributed by atoms with Crippen molar-refractivity contribution < 1.29 is 0 Å². The van der Waals surface area contributed by atoms with Crippen LogP contribution in [0.25, 0.3) is 55.0 Å². The largest absolute Gasteiger partial charge is 0.309 e. The molecule has 0 amide bonds. The number of fused-ring (bicyclic) bond motifs is 4. The summed E-state index contributed by atoms with van der Waals surface area (Å²) in [5.41, 5.74) is 11.9. The maximum atomic E-state index is 14.5. The van der Waals surface area contributed by atoms with Gasteiger partial charge in [0.05, 0.1) is 22.1 Å². The molecule has 7 rings (SSSR count). The van der Waals surface area contributed by atoms with E-state index in [9.17, 15) is 9.59 Å². The molecule has 5 aromatic carbocycles. The van der Waals surface area contributed by atoms with Crippen LogP contribution >= 0.6 is 0 Å². The Bertz CT molecular complexity index is 2290. The Kier molecular flexibility index (Phi) is 7.01. The highest BCUT2D eigenvalue weighted by Crippen LogP contribution is 2.33. The number of nitrogens with zero attached hydrogens (tertiary/aromatic N) is 2. The zero-order valence-electron chi connectivity index (χ0n) is 27.9. The van der Waals surface area contributed by atoms with Gasteiger partial charge in [-0.25, -0.2) is 0 Å². The number of aryl methyl sites for hydroxylation is 4. The van der Waals surface area contributed by atoms with Crippen LogP contribution < -0.4 is 10.9 Å². The Morgan fingerprint density at radius 3 is 1.07 bits per heavy atom. The zero-order valence-corrected chi connectivity index (χ0v) is 27.9. The van der Waals surface area contributed by atoms with Crippen molar-refractivity contribution in [3.05, 3.63) is 139 Å². The fraction of sp³-hybridized carbons (Fsp3) is 0.238. The topological polar surface area (TPSA) is 44.0 Å². The molecule has 46 heavy (non-hydrogen) atoms. The third-order valence-electron chi connectivity index (χ3n) is 9.36. The average Bonchev–Trinajstić information content (AvgIpc) is 2.99. The van der Waals surface area contributed by atoms with Gasteiger partial charge in [0.2, 0.25) is 0 Å². The number of hydrogen-bond donors (Lipinski definition) is 0. The molecule has 2 aromatic heterocycles. The molecule has 4 nitrogen and oxygen atoms in total. The highest BCUT2D eigenvalue weighted by molar-refractivity contribution is 6.05. The van der Waals surface area contributed by atoms with Gasteiger partial charge in [-0.3, -0.25) is 9.59 Å². The summed E-state index contributed by atoms with van der Waals surface area (Å²) in [4.78, 5) is 29.0. The number of aromatic nitrogens is 2. The third-order valence-corrected chi connectivity index (χ3v) is 9.36. The standard InChI is InChI=1S/C42H40N2O2/c1-23(2)29-9-11-33-37(19-29)43(31-15-25(5)13-26(6)16-31)39-21-36-40(22-35(39)41(33)45)44(32-17-27(7)14-28(8)18-32)38-20-30(24(3)4)10-12-34(38)42(36)46/h9-24H,1-8H3. The minimum Gasteiger partial charge on any atom is -0.309 e. The normalized spacial score (nSPS) is 12.0. The highest BCUT2D eigenvalue weighted by atomic mass is 16.1. The van der Waals surface area contributed by atoms with Gasteiger partial charge in [-0.1, -0.05) is 52.0 Å². The van der Waals surface area contributed by atoms with Crippen LogP contribution in [0.15, 0.2) is 94.5 Å². The lowest BCUT2D eigenvalue weighted by Gasteiger charge is -2.21. The Hall–Kier alpha value is -4.96. The fourth-order valence-corrected chi connectivity index (χ4v) is 7.15. The molecule has 2 heterocycles. The van der Waals surface area contributed by atoms with Crippen LogP contribution in [0.2, 0.25) is 0 Å². The summed E-state index contributed by atoms with van der Waals surface area (Å²) in [5, 5.41) is 2.51. The molecule has 0 N–H and O–H groups in total. The maximum absolute atomic E-state index is 14.5. The van der Waals surface area contributed by atoms with E-state index < -0.39 is 0 Å². The highest BCUT2D eigenvalue weighted by Gasteiger charge is 2.20. The van der Waals surface area contributed by atoms with Crippen LogP contribution in [0.3, 0.4) is 0 Å².